The van der Waals surface area contributed by atoms with Crippen LogP contribution in [0.2, 0.25) is 5.02 Å². The van der Waals surface area contributed by atoms with Crippen LogP contribution in [0.4, 0.5) is 11.4 Å². The van der Waals surface area contributed by atoms with Gasteiger partial charge in [0, 0.05) is 48.5 Å². The Bertz CT molecular complexity index is 882. The fourth-order valence-electron chi connectivity index (χ4n) is 3.22. The van der Waals surface area contributed by atoms with Gasteiger partial charge in [0.1, 0.15) is 0 Å². The van der Waals surface area contributed by atoms with Gasteiger partial charge in [-0.2, -0.15) is 0 Å². The van der Waals surface area contributed by atoms with Gasteiger partial charge < -0.3 is 9.80 Å². The monoisotopic (exact) mass is 405 g/mol. The summed E-state index contributed by atoms with van der Waals surface area (Å²) in [6.07, 6.45) is 1.78. The average molecular weight is 406 g/mol. The number of amides is 1. The molecule has 0 aromatic heterocycles. The van der Waals surface area contributed by atoms with E-state index in [1.54, 1.807) is 23.3 Å². The molecular weight excluding hydrogens is 386 g/mol. The van der Waals surface area contributed by atoms with E-state index in [1.807, 2.05) is 25.1 Å². The second-order valence-electron chi connectivity index (χ2n) is 6.35. The number of hydrogen-bond donors (Lipinski definition) is 0. The predicted octanol–water partition coefficient (Wildman–Crippen LogP) is 4.24. The van der Waals surface area contributed by atoms with Gasteiger partial charge in [0.05, 0.1) is 9.82 Å². The van der Waals surface area contributed by atoms with Gasteiger partial charge in [-0.1, -0.05) is 17.7 Å². The molecule has 0 saturated carbocycles. The first kappa shape index (κ1) is 19.5. The molecule has 3 rings (SSSR count). The molecule has 6 nitrogen and oxygen atoms in total. The van der Waals surface area contributed by atoms with Gasteiger partial charge in [-0.25, -0.2) is 0 Å². The topological polar surface area (TPSA) is 66.7 Å². The number of halogens is 1. The van der Waals surface area contributed by atoms with E-state index in [4.69, 9.17) is 11.6 Å². The van der Waals surface area contributed by atoms with Crippen molar-refractivity contribution in [1.82, 2.24) is 4.90 Å². The van der Waals surface area contributed by atoms with Gasteiger partial charge in [-0.05, 0) is 43.0 Å². The molecule has 0 bridgehead atoms. The van der Waals surface area contributed by atoms with Crippen molar-refractivity contribution in [2.75, 3.05) is 37.3 Å². The molecule has 0 unspecified atom stereocenters. The summed E-state index contributed by atoms with van der Waals surface area (Å²) in [5, 5.41) is 11.9. The fourth-order valence-corrected chi connectivity index (χ4v) is 3.94. The molecule has 1 aliphatic heterocycles. The van der Waals surface area contributed by atoms with Crippen LogP contribution < -0.4 is 4.90 Å². The first-order chi connectivity index (χ1) is 12.9. The Labute approximate surface area is 167 Å². The molecule has 0 radical (unpaired) electrons. The van der Waals surface area contributed by atoms with Crippen LogP contribution in [0.1, 0.15) is 15.9 Å². The Balaban J connectivity index is 1.73. The summed E-state index contributed by atoms with van der Waals surface area (Å²) in [6, 6.07) is 10.5. The summed E-state index contributed by atoms with van der Waals surface area (Å²) < 4.78 is 0. The number of anilines is 1. The van der Waals surface area contributed by atoms with E-state index in [0.717, 1.165) is 11.3 Å². The molecule has 0 N–H and O–H groups in total. The van der Waals surface area contributed by atoms with Gasteiger partial charge in [0.15, 0.2) is 0 Å². The fraction of sp³-hybridized carbons (Fsp3) is 0.316. The van der Waals surface area contributed by atoms with E-state index in [9.17, 15) is 14.9 Å². The number of hydrogen-bond acceptors (Lipinski definition) is 5. The third-order valence-electron chi connectivity index (χ3n) is 4.70. The molecule has 2 aromatic rings. The third kappa shape index (κ3) is 4.20. The van der Waals surface area contributed by atoms with E-state index in [0.29, 0.717) is 41.7 Å². The smallest absolute Gasteiger partial charge is 0.283 e. The number of nitro benzene ring substituents is 1. The highest BCUT2D eigenvalue weighted by Gasteiger charge is 2.25. The van der Waals surface area contributed by atoms with Gasteiger partial charge in [-0.15, -0.1) is 11.8 Å². The lowest BCUT2D eigenvalue weighted by Crippen LogP contribution is -2.49. The van der Waals surface area contributed by atoms with Crippen molar-refractivity contribution in [1.29, 1.82) is 0 Å². The Kier molecular flexibility index (Phi) is 5.92. The van der Waals surface area contributed by atoms with Crippen molar-refractivity contribution < 1.29 is 9.72 Å². The normalized spacial score (nSPS) is 14.3. The van der Waals surface area contributed by atoms with E-state index >= 15 is 0 Å². The maximum atomic E-state index is 12.8. The number of nitro groups is 1. The minimum absolute atomic E-state index is 0.0264. The SMILES string of the molecule is CSc1ccc(C(=O)N2CCN(c3cc(Cl)ccc3C)CC2)cc1[N+](=O)[O-]. The summed E-state index contributed by atoms with van der Waals surface area (Å²) in [5.74, 6) is -0.173. The summed E-state index contributed by atoms with van der Waals surface area (Å²) >= 11 is 7.41. The van der Waals surface area contributed by atoms with Gasteiger partial charge >= 0.3 is 0 Å². The van der Waals surface area contributed by atoms with E-state index in [1.165, 1.54) is 17.8 Å². The molecule has 0 spiro atoms. The molecule has 2 aromatic carbocycles. The van der Waals surface area contributed by atoms with Crippen molar-refractivity contribution in [2.24, 2.45) is 0 Å². The predicted molar refractivity (Wildman–Crippen MR) is 109 cm³/mol. The molecule has 8 heteroatoms. The van der Waals surface area contributed by atoms with Crippen LogP contribution in [0.15, 0.2) is 41.3 Å². The number of nitrogens with zero attached hydrogens (tertiary/aromatic N) is 3. The maximum absolute atomic E-state index is 12.8. The van der Waals surface area contributed by atoms with Crippen molar-refractivity contribution >= 4 is 40.6 Å². The quantitative estimate of drug-likeness (QED) is 0.432. The molecule has 0 atom stereocenters. The molecule has 142 valence electrons. The van der Waals surface area contributed by atoms with Crippen LogP contribution in [-0.2, 0) is 0 Å². The molecule has 1 amide bonds. The first-order valence-corrected chi connectivity index (χ1v) is 10.1. The Hall–Kier alpha value is -2.25. The van der Waals surface area contributed by atoms with Gasteiger partial charge in [-0.3, -0.25) is 14.9 Å². The zero-order valence-electron chi connectivity index (χ0n) is 15.1. The number of thioether (sulfide) groups is 1. The molecule has 1 saturated heterocycles. The first-order valence-electron chi connectivity index (χ1n) is 8.53. The van der Waals surface area contributed by atoms with E-state index < -0.39 is 4.92 Å². The molecule has 27 heavy (non-hydrogen) atoms. The highest BCUT2D eigenvalue weighted by atomic mass is 35.5. The number of benzene rings is 2. The number of carbonyl (C=O) groups excluding carboxylic acids is 1. The van der Waals surface area contributed by atoms with E-state index in [-0.39, 0.29) is 11.6 Å². The van der Waals surface area contributed by atoms with Crippen molar-refractivity contribution in [3.05, 3.63) is 62.7 Å². The summed E-state index contributed by atoms with van der Waals surface area (Å²) in [5.41, 5.74) is 2.55. The molecule has 1 aliphatic rings. The summed E-state index contributed by atoms with van der Waals surface area (Å²) in [7, 11) is 0. The zero-order valence-corrected chi connectivity index (χ0v) is 16.7. The molecule has 1 heterocycles. The number of aryl methyl sites for hydroxylation is 1. The van der Waals surface area contributed by atoms with E-state index in [2.05, 4.69) is 4.90 Å². The second kappa shape index (κ2) is 8.19. The number of piperazine rings is 1. The molecule has 1 fully saturated rings. The maximum Gasteiger partial charge on any atom is 0.283 e. The Morgan fingerprint density at radius 3 is 2.48 bits per heavy atom. The van der Waals surface area contributed by atoms with Crippen molar-refractivity contribution in [3.63, 3.8) is 0 Å². The van der Waals surface area contributed by atoms with Crippen molar-refractivity contribution in [3.8, 4) is 0 Å². The Morgan fingerprint density at radius 2 is 1.85 bits per heavy atom. The Morgan fingerprint density at radius 1 is 1.15 bits per heavy atom. The van der Waals surface area contributed by atoms with Crippen LogP contribution in [-0.4, -0.2) is 48.2 Å². The van der Waals surface area contributed by atoms with Crippen LogP contribution in [0.25, 0.3) is 0 Å². The number of carbonyl (C=O) groups is 1. The van der Waals surface area contributed by atoms with Gasteiger partial charge in [0.25, 0.3) is 11.6 Å². The van der Waals surface area contributed by atoms with Crippen molar-refractivity contribution in [2.45, 2.75) is 11.8 Å². The van der Waals surface area contributed by atoms with Crippen LogP contribution in [0.3, 0.4) is 0 Å². The largest absolute Gasteiger partial charge is 0.368 e. The average Bonchev–Trinajstić information content (AvgIpc) is 2.69. The minimum atomic E-state index is -0.442. The highest BCUT2D eigenvalue weighted by molar-refractivity contribution is 7.98. The highest BCUT2D eigenvalue weighted by Crippen LogP contribution is 2.29. The number of rotatable bonds is 4. The van der Waals surface area contributed by atoms with Crippen LogP contribution in [0, 0.1) is 17.0 Å². The standard InChI is InChI=1S/C19H20ClN3O3S/c1-13-3-5-15(20)12-16(13)21-7-9-22(10-8-21)19(24)14-4-6-18(27-2)17(11-14)23(25)26/h3-6,11-12H,7-10H2,1-2H3. The summed E-state index contributed by atoms with van der Waals surface area (Å²) in [6.45, 7) is 4.54. The molecule has 0 aliphatic carbocycles. The van der Waals surface area contributed by atoms with Gasteiger partial charge in [0.2, 0.25) is 0 Å². The zero-order chi connectivity index (χ0) is 19.6. The lowest BCUT2D eigenvalue weighted by atomic mass is 10.1. The third-order valence-corrected chi connectivity index (χ3v) is 5.72. The lowest BCUT2D eigenvalue weighted by Gasteiger charge is -2.37. The minimum Gasteiger partial charge on any atom is -0.368 e. The second-order valence-corrected chi connectivity index (χ2v) is 7.64. The van der Waals surface area contributed by atoms with Crippen LogP contribution in [0.5, 0.6) is 0 Å². The summed E-state index contributed by atoms with van der Waals surface area (Å²) in [4.78, 5) is 28.1. The molecular formula is C19H20ClN3O3S. The lowest BCUT2D eigenvalue weighted by molar-refractivity contribution is -0.387. The van der Waals surface area contributed by atoms with Crippen LogP contribution >= 0.6 is 23.4 Å².